The van der Waals surface area contributed by atoms with E-state index in [4.69, 9.17) is 9.15 Å². The maximum Gasteiger partial charge on any atom is 0.339 e. The minimum atomic E-state index is -0.385. The van der Waals surface area contributed by atoms with Gasteiger partial charge in [-0.05, 0) is 44.7 Å². The van der Waals surface area contributed by atoms with Crippen LogP contribution >= 0.6 is 0 Å². The van der Waals surface area contributed by atoms with E-state index in [-0.39, 0.29) is 11.7 Å². The molecule has 2 heterocycles. The topological polar surface area (TPSA) is 62.9 Å². The molecule has 0 saturated heterocycles. The van der Waals surface area contributed by atoms with Crippen LogP contribution in [0.15, 0.2) is 15.3 Å². The van der Waals surface area contributed by atoms with E-state index in [0.29, 0.717) is 18.9 Å². The molecule has 0 saturated carbocycles. The Kier molecular flexibility index (Phi) is 3.43. The molecule has 1 aromatic heterocycles. The number of benzene rings is 1. The fraction of sp³-hybridized carbons (Fsp3) is 0.500. The fourth-order valence-electron chi connectivity index (χ4n) is 3.88. The molecule has 2 aliphatic rings. The van der Waals surface area contributed by atoms with Crippen molar-refractivity contribution in [3.63, 3.8) is 0 Å². The van der Waals surface area contributed by atoms with E-state index in [0.717, 1.165) is 59.2 Å². The Balaban J connectivity index is 1.87. The lowest BCUT2D eigenvalue weighted by molar-refractivity contribution is 0.0498. The predicted molar refractivity (Wildman–Crippen MR) is 86.8 cm³/mol. The van der Waals surface area contributed by atoms with Gasteiger partial charge >= 0.3 is 5.63 Å². The van der Waals surface area contributed by atoms with Gasteiger partial charge in [0.25, 0.3) is 0 Å². The van der Waals surface area contributed by atoms with Gasteiger partial charge in [-0.1, -0.05) is 0 Å². The van der Waals surface area contributed by atoms with Crippen LogP contribution in [0.3, 0.4) is 0 Å². The van der Waals surface area contributed by atoms with Gasteiger partial charge in [0.15, 0.2) is 0 Å². The Morgan fingerprint density at radius 3 is 2.91 bits per heavy atom. The maximum atomic E-state index is 12.2. The zero-order valence-electron chi connectivity index (χ0n) is 13.5. The Labute approximate surface area is 134 Å². The molecular formula is C18H21NO4. The predicted octanol–water partition coefficient (Wildman–Crippen LogP) is 2.12. The van der Waals surface area contributed by atoms with Crippen molar-refractivity contribution in [2.45, 2.75) is 45.8 Å². The zero-order chi connectivity index (χ0) is 16.1. The van der Waals surface area contributed by atoms with Gasteiger partial charge in [0.05, 0.1) is 6.10 Å². The summed E-state index contributed by atoms with van der Waals surface area (Å²) in [5, 5.41) is 10.6. The third-order valence-electron chi connectivity index (χ3n) is 4.83. The summed E-state index contributed by atoms with van der Waals surface area (Å²) in [5.41, 5.74) is 4.47. The second kappa shape index (κ2) is 5.35. The molecule has 122 valence electrons. The van der Waals surface area contributed by atoms with Crippen LogP contribution in [0.25, 0.3) is 11.0 Å². The summed E-state index contributed by atoms with van der Waals surface area (Å²) in [6.07, 6.45) is 2.38. The number of nitrogens with zero attached hydrogens (tertiary/aromatic N) is 1. The average Bonchev–Trinajstić information content (AvgIpc) is 2.98. The molecule has 0 bridgehead atoms. The molecule has 5 nitrogen and oxygen atoms in total. The van der Waals surface area contributed by atoms with E-state index in [1.165, 1.54) is 0 Å². The molecule has 0 radical (unpaired) electrons. The van der Waals surface area contributed by atoms with Crippen molar-refractivity contribution in [3.8, 4) is 5.75 Å². The van der Waals surface area contributed by atoms with Crippen LogP contribution in [-0.2, 0) is 19.4 Å². The standard InChI is InChI=1S/C18H21NO4/c1-10(20)7-19-8-12-6-15-13-4-3-5-14(13)18(21)23-17(15)11(2)16(12)22-9-19/h6,10,20H,3-5,7-9H2,1-2H3/t10-/m1/s1. The summed E-state index contributed by atoms with van der Waals surface area (Å²) in [4.78, 5) is 14.3. The number of aliphatic hydroxyl groups excluding tert-OH is 1. The lowest BCUT2D eigenvalue weighted by Crippen LogP contribution is -2.37. The smallest absolute Gasteiger partial charge is 0.339 e. The summed E-state index contributed by atoms with van der Waals surface area (Å²) < 4.78 is 11.5. The molecule has 0 unspecified atom stereocenters. The minimum Gasteiger partial charge on any atom is -0.477 e. The molecule has 1 N–H and O–H groups in total. The second-order valence-electron chi connectivity index (χ2n) is 6.70. The molecule has 0 fully saturated rings. The van der Waals surface area contributed by atoms with Gasteiger partial charge in [0.2, 0.25) is 0 Å². The highest BCUT2D eigenvalue weighted by Crippen LogP contribution is 2.37. The first-order valence-corrected chi connectivity index (χ1v) is 8.19. The van der Waals surface area contributed by atoms with Gasteiger partial charge in [-0.2, -0.15) is 0 Å². The highest BCUT2D eigenvalue weighted by molar-refractivity contribution is 5.87. The van der Waals surface area contributed by atoms with E-state index >= 15 is 0 Å². The summed E-state index contributed by atoms with van der Waals surface area (Å²) in [5.74, 6) is 0.820. The average molecular weight is 315 g/mol. The number of aliphatic hydroxyl groups is 1. The molecule has 4 rings (SSSR count). The van der Waals surface area contributed by atoms with Crippen molar-refractivity contribution in [2.75, 3.05) is 13.3 Å². The third-order valence-corrected chi connectivity index (χ3v) is 4.83. The molecule has 5 heteroatoms. The molecule has 23 heavy (non-hydrogen) atoms. The number of β-amino-alcohol motifs (C(OH)–C–C–N with tert-alkyl or cyclic N) is 1. The van der Waals surface area contributed by atoms with Crippen LogP contribution < -0.4 is 10.4 Å². The number of rotatable bonds is 2. The van der Waals surface area contributed by atoms with Crippen molar-refractivity contribution in [3.05, 3.63) is 38.7 Å². The van der Waals surface area contributed by atoms with Gasteiger partial charge in [-0.15, -0.1) is 0 Å². The highest BCUT2D eigenvalue weighted by Gasteiger charge is 2.26. The Morgan fingerprint density at radius 2 is 2.13 bits per heavy atom. The monoisotopic (exact) mass is 315 g/mol. The number of fused-ring (bicyclic) bond motifs is 4. The lowest BCUT2D eigenvalue weighted by Gasteiger charge is -2.31. The molecule has 1 aromatic carbocycles. The first kappa shape index (κ1) is 14.7. The third kappa shape index (κ3) is 2.35. The minimum absolute atomic E-state index is 0.195. The van der Waals surface area contributed by atoms with Crippen LogP contribution in [0.1, 0.15) is 35.6 Å². The molecule has 1 atom stereocenters. The van der Waals surface area contributed by atoms with Gasteiger partial charge in [0, 0.05) is 35.2 Å². The fourth-order valence-corrected chi connectivity index (χ4v) is 3.88. The summed E-state index contributed by atoms with van der Waals surface area (Å²) in [6.45, 7) is 5.50. The Morgan fingerprint density at radius 1 is 1.35 bits per heavy atom. The largest absolute Gasteiger partial charge is 0.477 e. The van der Waals surface area contributed by atoms with Gasteiger partial charge in [-0.25, -0.2) is 4.79 Å². The second-order valence-corrected chi connectivity index (χ2v) is 6.70. The highest BCUT2D eigenvalue weighted by atomic mass is 16.5. The van der Waals surface area contributed by atoms with Crippen LogP contribution in [0.2, 0.25) is 0 Å². The van der Waals surface area contributed by atoms with E-state index in [9.17, 15) is 9.90 Å². The number of ether oxygens (including phenoxy) is 1. The molecule has 1 aliphatic heterocycles. The van der Waals surface area contributed by atoms with Crippen molar-refractivity contribution < 1.29 is 14.3 Å². The van der Waals surface area contributed by atoms with Gasteiger partial charge < -0.3 is 14.3 Å². The first-order chi connectivity index (χ1) is 11.0. The van der Waals surface area contributed by atoms with Crippen molar-refractivity contribution in [2.24, 2.45) is 0 Å². The van der Waals surface area contributed by atoms with E-state index in [1.54, 1.807) is 6.92 Å². The lowest BCUT2D eigenvalue weighted by atomic mass is 9.99. The normalized spacial score (nSPS) is 18.6. The van der Waals surface area contributed by atoms with E-state index in [2.05, 4.69) is 11.0 Å². The van der Waals surface area contributed by atoms with E-state index < -0.39 is 0 Å². The van der Waals surface area contributed by atoms with Crippen molar-refractivity contribution in [1.82, 2.24) is 4.90 Å². The van der Waals surface area contributed by atoms with Gasteiger partial charge in [0.1, 0.15) is 18.1 Å². The maximum absolute atomic E-state index is 12.2. The number of hydrogen-bond donors (Lipinski definition) is 1. The summed E-state index contributed by atoms with van der Waals surface area (Å²) >= 11 is 0. The van der Waals surface area contributed by atoms with E-state index in [1.807, 2.05) is 6.92 Å². The van der Waals surface area contributed by atoms with Crippen LogP contribution in [-0.4, -0.2) is 29.4 Å². The van der Waals surface area contributed by atoms with Crippen LogP contribution in [0, 0.1) is 6.92 Å². The molecule has 0 spiro atoms. The van der Waals surface area contributed by atoms with Crippen LogP contribution in [0.5, 0.6) is 5.75 Å². The molecule has 2 aromatic rings. The first-order valence-electron chi connectivity index (χ1n) is 8.19. The van der Waals surface area contributed by atoms with Crippen LogP contribution in [0.4, 0.5) is 0 Å². The molecular weight excluding hydrogens is 294 g/mol. The number of hydrogen-bond acceptors (Lipinski definition) is 5. The zero-order valence-corrected chi connectivity index (χ0v) is 13.5. The van der Waals surface area contributed by atoms with Crippen molar-refractivity contribution in [1.29, 1.82) is 0 Å². The molecule has 1 aliphatic carbocycles. The number of aryl methyl sites for hydroxylation is 2. The summed E-state index contributed by atoms with van der Waals surface area (Å²) in [7, 11) is 0. The SMILES string of the molecule is Cc1c2c(cc3c4c(c(=O)oc13)CCC4)CN(C[C@@H](C)O)CO2. The summed E-state index contributed by atoms with van der Waals surface area (Å²) in [6, 6.07) is 2.11. The quantitative estimate of drug-likeness (QED) is 0.860. The molecule has 0 amide bonds. The Hall–Kier alpha value is -1.85. The van der Waals surface area contributed by atoms with Crippen molar-refractivity contribution >= 4 is 11.0 Å². The Bertz CT molecular complexity index is 837. The van der Waals surface area contributed by atoms with Gasteiger partial charge in [-0.3, -0.25) is 4.90 Å².